The van der Waals surface area contributed by atoms with Crippen LogP contribution in [0.5, 0.6) is 0 Å². The predicted molar refractivity (Wildman–Crippen MR) is 174 cm³/mol. The Bertz CT molecular complexity index is 1720. The van der Waals surface area contributed by atoms with Gasteiger partial charge >= 0.3 is 5.97 Å². The number of rotatable bonds is 7. The van der Waals surface area contributed by atoms with Crippen LogP contribution in [-0.4, -0.2) is 35.7 Å². The van der Waals surface area contributed by atoms with Crippen LogP contribution in [0, 0.1) is 0 Å². The van der Waals surface area contributed by atoms with Crippen molar-refractivity contribution in [3.8, 4) is 0 Å². The van der Waals surface area contributed by atoms with Gasteiger partial charge in [-0.15, -0.1) is 0 Å². The molecule has 218 valence electrons. The second-order valence-corrected chi connectivity index (χ2v) is 12.5. The number of nitrogens with zero attached hydrogens (tertiary/aromatic N) is 3. The van der Waals surface area contributed by atoms with Gasteiger partial charge in [0.2, 0.25) is 0 Å². The molecule has 1 aliphatic heterocycles. The van der Waals surface area contributed by atoms with E-state index in [2.05, 4.69) is 58.0 Å². The van der Waals surface area contributed by atoms with Crippen LogP contribution >= 0.6 is 23.2 Å². The van der Waals surface area contributed by atoms with Crippen molar-refractivity contribution in [1.29, 1.82) is 0 Å². The number of carbonyl (C=O) groups excluding carboxylic acids is 1. The zero-order valence-electron chi connectivity index (χ0n) is 24.0. The van der Waals surface area contributed by atoms with E-state index in [-0.39, 0.29) is 11.9 Å². The number of methoxy groups -OCH3 is 1. The maximum Gasteiger partial charge on any atom is 0.337 e. The van der Waals surface area contributed by atoms with Crippen molar-refractivity contribution in [3.05, 3.63) is 129 Å². The molecule has 0 amide bonds. The smallest absolute Gasteiger partial charge is 0.337 e. The van der Waals surface area contributed by atoms with Gasteiger partial charge in [-0.1, -0.05) is 59.6 Å². The number of ether oxygens (including phenoxy) is 1. The second-order valence-electron chi connectivity index (χ2n) is 11.7. The zero-order chi connectivity index (χ0) is 29.5. The average Bonchev–Trinajstić information content (AvgIpc) is 3.83. The Morgan fingerprint density at radius 2 is 1.44 bits per heavy atom. The van der Waals surface area contributed by atoms with E-state index in [1.165, 1.54) is 48.0 Å². The average molecular weight is 611 g/mol. The van der Waals surface area contributed by atoms with E-state index < -0.39 is 0 Å². The van der Waals surface area contributed by atoms with E-state index in [4.69, 9.17) is 32.9 Å². The SMILES string of the molecule is COC(=O)c1cccc(N2CCC(n3c(C4CC4)nc4ccc(C(c5ccc(Cl)cc5)c5ccc(Cl)cc5)cc43)CC2)c1. The van der Waals surface area contributed by atoms with Crippen LogP contribution in [0.2, 0.25) is 10.0 Å². The van der Waals surface area contributed by atoms with Crippen LogP contribution in [0.3, 0.4) is 0 Å². The third-order valence-electron chi connectivity index (χ3n) is 8.89. The molecule has 2 aliphatic rings. The normalized spacial score (nSPS) is 15.8. The quantitative estimate of drug-likeness (QED) is 0.136. The van der Waals surface area contributed by atoms with E-state index in [0.29, 0.717) is 17.5 Å². The molecule has 0 unspecified atom stereocenters. The highest BCUT2D eigenvalue weighted by Crippen LogP contribution is 2.44. The van der Waals surface area contributed by atoms with E-state index in [1.807, 2.05) is 36.4 Å². The van der Waals surface area contributed by atoms with Gasteiger partial charge in [-0.2, -0.15) is 0 Å². The molecule has 1 saturated carbocycles. The molecule has 0 radical (unpaired) electrons. The molecule has 0 spiro atoms. The van der Waals surface area contributed by atoms with Crippen LogP contribution in [0.1, 0.15) is 76.4 Å². The summed E-state index contributed by atoms with van der Waals surface area (Å²) in [6.07, 6.45) is 4.42. The molecule has 7 heteroatoms. The number of benzene rings is 4. The van der Waals surface area contributed by atoms with Crippen molar-refractivity contribution in [2.24, 2.45) is 0 Å². The van der Waals surface area contributed by atoms with Gasteiger partial charge in [-0.3, -0.25) is 0 Å². The molecule has 2 fully saturated rings. The van der Waals surface area contributed by atoms with Crippen LogP contribution in [0.4, 0.5) is 5.69 Å². The summed E-state index contributed by atoms with van der Waals surface area (Å²) in [5.74, 6) is 1.50. The highest BCUT2D eigenvalue weighted by molar-refractivity contribution is 6.30. The molecule has 0 N–H and O–H groups in total. The standard InChI is InChI=1S/C36H33Cl2N3O2/c1-43-36(42)27-3-2-4-31(21-27)40-19-17-30(18-20-40)41-33-22-26(11-16-32(33)39-35(41)25-5-6-25)34(23-7-12-28(37)13-8-23)24-9-14-29(38)15-10-24/h2-4,7-16,21-22,25,30,34H,5-6,17-20H2,1H3. The van der Waals surface area contributed by atoms with Gasteiger partial charge in [-0.05, 0) is 97.0 Å². The fraction of sp³-hybridized carbons (Fsp3) is 0.278. The molecule has 5 aromatic rings. The maximum absolute atomic E-state index is 12.1. The van der Waals surface area contributed by atoms with Crippen molar-refractivity contribution >= 4 is 45.9 Å². The topological polar surface area (TPSA) is 47.4 Å². The van der Waals surface area contributed by atoms with Crippen LogP contribution < -0.4 is 4.90 Å². The first kappa shape index (κ1) is 28.0. The molecule has 1 aliphatic carbocycles. The van der Waals surface area contributed by atoms with Gasteiger partial charge in [0.25, 0.3) is 0 Å². The maximum atomic E-state index is 12.1. The van der Waals surface area contributed by atoms with Crippen molar-refractivity contribution in [2.75, 3.05) is 25.1 Å². The fourth-order valence-electron chi connectivity index (χ4n) is 6.54. The van der Waals surface area contributed by atoms with E-state index >= 15 is 0 Å². The molecular formula is C36H33Cl2N3O2. The Balaban J connectivity index is 1.24. The molecular weight excluding hydrogens is 577 g/mol. The minimum Gasteiger partial charge on any atom is -0.465 e. The number of hydrogen-bond donors (Lipinski definition) is 0. The molecule has 4 aromatic carbocycles. The number of fused-ring (bicyclic) bond motifs is 1. The van der Waals surface area contributed by atoms with Crippen molar-refractivity contribution in [2.45, 2.75) is 43.6 Å². The minimum absolute atomic E-state index is 0.0376. The zero-order valence-corrected chi connectivity index (χ0v) is 25.6. The lowest BCUT2D eigenvalue weighted by Crippen LogP contribution is -2.35. The second kappa shape index (κ2) is 11.7. The number of imidazole rings is 1. The van der Waals surface area contributed by atoms with Gasteiger partial charge in [-0.25, -0.2) is 9.78 Å². The van der Waals surface area contributed by atoms with Gasteiger partial charge in [0.15, 0.2) is 0 Å². The van der Waals surface area contributed by atoms with Crippen LogP contribution in [0.15, 0.2) is 91.0 Å². The summed E-state index contributed by atoms with van der Waals surface area (Å²) in [4.78, 5) is 19.7. The number of esters is 1. The fourth-order valence-corrected chi connectivity index (χ4v) is 6.79. The number of hydrogen-bond acceptors (Lipinski definition) is 4. The number of piperidine rings is 1. The lowest BCUT2D eigenvalue weighted by atomic mass is 9.85. The first-order valence-corrected chi connectivity index (χ1v) is 15.7. The number of anilines is 1. The predicted octanol–water partition coefficient (Wildman–Crippen LogP) is 9.03. The molecule has 7 rings (SSSR count). The molecule has 1 aromatic heterocycles. The molecule has 2 heterocycles. The van der Waals surface area contributed by atoms with Crippen molar-refractivity contribution < 1.29 is 9.53 Å². The lowest BCUT2D eigenvalue weighted by Gasteiger charge is -2.35. The number of aromatic nitrogens is 2. The van der Waals surface area contributed by atoms with Gasteiger partial charge < -0.3 is 14.2 Å². The van der Waals surface area contributed by atoms with Crippen LogP contribution in [-0.2, 0) is 4.74 Å². The first-order valence-electron chi connectivity index (χ1n) is 14.9. The largest absolute Gasteiger partial charge is 0.465 e. The van der Waals surface area contributed by atoms with Crippen LogP contribution in [0.25, 0.3) is 11.0 Å². The highest BCUT2D eigenvalue weighted by atomic mass is 35.5. The van der Waals surface area contributed by atoms with Gasteiger partial charge in [0, 0.05) is 46.7 Å². The Hall–Kier alpha value is -3.80. The third kappa shape index (κ3) is 5.64. The summed E-state index contributed by atoms with van der Waals surface area (Å²) in [7, 11) is 1.42. The van der Waals surface area contributed by atoms with E-state index in [0.717, 1.165) is 47.2 Å². The molecule has 43 heavy (non-hydrogen) atoms. The summed E-state index contributed by atoms with van der Waals surface area (Å²) in [5.41, 5.74) is 7.50. The summed E-state index contributed by atoms with van der Waals surface area (Å²) in [5, 5.41) is 1.45. The molecule has 1 saturated heterocycles. The third-order valence-corrected chi connectivity index (χ3v) is 9.39. The van der Waals surface area contributed by atoms with E-state index in [1.54, 1.807) is 6.07 Å². The summed E-state index contributed by atoms with van der Waals surface area (Å²) < 4.78 is 7.50. The summed E-state index contributed by atoms with van der Waals surface area (Å²) in [6, 6.07) is 31.2. The number of carbonyl (C=O) groups is 1. The Morgan fingerprint density at radius 3 is 2.05 bits per heavy atom. The van der Waals surface area contributed by atoms with Gasteiger partial charge in [0.05, 0.1) is 23.7 Å². The number of halogens is 2. The van der Waals surface area contributed by atoms with Crippen molar-refractivity contribution in [1.82, 2.24) is 9.55 Å². The van der Waals surface area contributed by atoms with E-state index in [9.17, 15) is 4.79 Å². The highest BCUT2D eigenvalue weighted by Gasteiger charge is 2.33. The Kier molecular flexibility index (Phi) is 7.62. The molecule has 0 atom stereocenters. The first-order chi connectivity index (χ1) is 21.0. The minimum atomic E-state index is -0.304. The lowest BCUT2D eigenvalue weighted by molar-refractivity contribution is 0.0600. The van der Waals surface area contributed by atoms with Crippen molar-refractivity contribution in [3.63, 3.8) is 0 Å². The molecule has 0 bridgehead atoms. The van der Waals surface area contributed by atoms with Gasteiger partial charge in [0.1, 0.15) is 5.82 Å². The Morgan fingerprint density at radius 1 is 0.814 bits per heavy atom. The molecule has 5 nitrogen and oxygen atoms in total. The summed E-state index contributed by atoms with van der Waals surface area (Å²) >= 11 is 12.6. The summed E-state index contributed by atoms with van der Waals surface area (Å²) in [6.45, 7) is 1.83. The monoisotopic (exact) mass is 609 g/mol. The Labute approximate surface area is 262 Å².